The van der Waals surface area contributed by atoms with E-state index in [2.05, 4.69) is 69.3 Å². The maximum Gasteiger partial charge on any atom is 0.0720 e. The lowest BCUT2D eigenvalue weighted by Gasteiger charge is -2.23. The molecule has 0 unspecified atom stereocenters. The van der Waals surface area contributed by atoms with Crippen molar-refractivity contribution in [2.45, 2.75) is 39.4 Å². The second-order valence-corrected chi connectivity index (χ2v) is 5.68. The maximum absolute atomic E-state index is 6.10. The number of hydrogen-bond donors (Lipinski definition) is 0. The zero-order chi connectivity index (χ0) is 15.1. The quantitative estimate of drug-likeness (QED) is 0.649. The van der Waals surface area contributed by atoms with E-state index in [0.29, 0.717) is 12.5 Å². The molecule has 0 aliphatic heterocycles. The minimum absolute atomic E-state index is 0.141. The molecule has 2 aromatic rings. The summed E-state index contributed by atoms with van der Waals surface area (Å²) in [5.41, 5.74) is 3.84. The molecule has 0 fully saturated rings. The smallest absolute Gasteiger partial charge is 0.0720 e. The van der Waals surface area contributed by atoms with E-state index in [1.807, 2.05) is 18.2 Å². The summed E-state index contributed by atoms with van der Waals surface area (Å²) < 4.78 is 6.10. The molecule has 0 aliphatic carbocycles. The largest absolute Gasteiger partial charge is 0.373 e. The van der Waals surface area contributed by atoms with Crippen molar-refractivity contribution in [1.29, 1.82) is 0 Å². The van der Waals surface area contributed by atoms with Gasteiger partial charge in [0, 0.05) is 5.92 Å². The van der Waals surface area contributed by atoms with Crippen molar-refractivity contribution in [2.75, 3.05) is 0 Å². The molecule has 2 atom stereocenters. The van der Waals surface area contributed by atoms with Gasteiger partial charge in [0.05, 0.1) is 12.7 Å². The third-order valence-electron chi connectivity index (χ3n) is 3.56. The van der Waals surface area contributed by atoms with Crippen LogP contribution >= 0.6 is 0 Å². The van der Waals surface area contributed by atoms with Crippen molar-refractivity contribution < 1.29 is 4.74 Å². The molecule has 0 aliphatic rings. The van der Waals surface area contributed by atoms with Gasteiger partial charge < -0.3 is 4.74 Å². The van der Waals surface area contributed by atoms with Gasteiger partial charge in [-0.3, -0.25) is 0 Å². The van der Waals surface area contributed by atoms with Gasteiger partial charge in [0.15, 0.2) is 0 Å². The lowest BCUT2D eigenvalue weighted by molar-refractivity contribution is 0.0438. The summed E-state index contributed by atoms with van der Waals surface area (Å²) >= 11 is 0. The zero-order valence-electron chi connectivity index (χ0n) is 13.1. The summed E-state index contributed by atoms with van der Waals surface area (Å²) in [6.45, 7) is 7.09. The van der Waals surface area contributed by atoms with Crippen LogP contribution in [0, 0.1) is 0 Å². The van der Waals surface area contributed by atoms with E-state index < -0.39 is 0 Å². The van der Waals surface area contributed by atoms with Crippen LogP contribution < -0.4 is 0 Å². The third-order valence-corrected chi connectivity index (χ3v) is 3.56. The van der Waals surface area contributed by atoms with Crippen LogP contribution in [0.2, 0.25) is 0 Å². The van der Waals surface area contributed by atoms with Crippen molar-refractivity contribution in [3.8, 4) is 0 Å². The Labute approximate surface area is 128 Å². The van der Waals surface area contributed by atoms with Crippen molar-refractivity contribution in [3.05, 3.63) is 83.4 Å². The summed E-state index contributed by atoms with van der Waals surface area (Å²) in [6, 6.07) is 20.9. The van der Waals surface area contributed by atoms with Crippen LogP contribution in [0.3, 0.4) is 0 Å². The van der Waals surface area contributed by atoms with Crippen LogP contribution in [0.1, 0.15) is 37.8 Å². The van der Waals surface area contributed by atoms with E-state index in [9.17, 15) is 0 Å². The fourth-order valence-corrected chi connectivity index (χ4v) is 2.44. The highest BCUT2D eigenvalue weighted by atomic mass is 16.5. The van der Waals surface area contributed by atoms with E-state index in [4.69, 9.17) is 4.74 Å². The van der Waals surface area contributed by atoms with Gasteiger partial charge in [0.1, 0.15) is 0 Å². The van der Waals surface area contributed by atoms with Gasteiger partial charge in [-0.1, -0.05) is 72.3 Å². The predicted octanol–water partition coefficient (Wildman–Crippen LogP) is 5.34. The molecule has 0 N–H and O–H groups in total. The molecular weight excluding hydrogens is 256 g/mol. The van der Waals surface area contributed by atoms with Gasteiger partial charge in [0.25, 0.3) is 0 Å². The zero-order valence-corrected chi connectivity index (χ0v) is 13.1. The Hall–Kier alpha value is -1.86. The fraction of sp³-hybridized carbons (Fsp3) is 0.300. The van der Waals surface area contributed by atoms with E-state index in [1.165, 1.54) is 16.7 Å². The Bertz CT molecular complexity index is 553. The molecule has 2 rings (SSSR count). The molecule has 0 bridgehead atoms. The standard InChI is InChI=1S/C20H24O/c1-16(2)14-20(19-12-8-5-9-13-19)17(3)21-15-18-10-6-4-7-11-18/h4-14,17,20H,15H2,1-3H3/t17-,20-/m0/s1. The first kappa shape index (κ1) is 15.5. The summed E-state index contributed by atoms with van der Waals surface area (Å²) in [7, 11) is 0. The SMILES string of the molecule is CC(C)=C[C@H](c1ccccc1)[C@H](C)OCc1ccccc1. The highest BCUT2D eigenvalue weighted by Gasteiger charge is 2.17. The summed E-state index contributed by atoms with van der Waals surface area (Å²) in [6.07, 6.45) is 2.44. The Morgan fingerprint density at radius 3 is 2.10 bits per heavy atom. The average molecular weight is 280 g/mol. The number of benzene rings is 2. The number of allylic oxidation sites excluding steroid dienone is 1. The molecule has 110 valence electrons. The minimum atomic E-state index is 0.141. The van der Waals surface area contributed by atoms with Gasteiger partial charge in [-0.05, 0) is 31.9 Å². The minimum Gasteiger partial charge on any atom is -0.373 e. The van der Waals surface area contributed by atoms with Crippen LogP contribution in [0.5, 0.6) is 0 Å². The first-order chi connectivity index (χ1) is 10.2. The predicted molar refractivity (Wildman–Crippen MR) is 89.3 cm³/mol. The lowest BCUT2D eigenvalue weighted by Crippen LogP contribution is -2.17. The molecule has 21 heavy (non-hydrogen) atoms. The molecule has 0 saturated carbocycles. The van der Waals surface area contributed by atoms with Gasteiger partial charge in [-0.25, -0.2) is 0 Å². The highest BCUT2D eigenvalue weighted by Crippen LogP contribution is 2.25. The molecule has 1 nitrogen and oxygen atoms in total. The second kappa shape index (κ2) is 7.80. The van der Waals surface area contributed by atoms with Crippen molar-refractivity contribution in [2.24, 2.45) is 0 Å². The molecule has 1 heteroatoms. The number of hydrogen-bond acceptors (Lipinski definition) is 1. The van der Waals surface area contributed by atoms with Crippen LogP contribution in [0.15, 0.2) is 72.3 Å². The highest BCUT2D eigenvalue weighted by molar-refractivity contribution is 5.26. The average Bonchev–Trinajstić information content (AvgIpc) is 2.52. The summed E-state index contributed by atoms with van der Waals surface area (Å²) in [5, 5.41) is 0. The normalized spacial score (nSPS) is 13.5. The monoisotopic (exact) mass is 280 g/mol. The van der Waals surface area contributed by atoms with E-state index >= 15 is 0 Å². The van der Waals surface area contributed by atoms with Crippen molar-refractivity contribution in [3.63, 3.8) is 0 Å². The fourth-order valence-electron chi connectivity index (χ4n) is 2.44. The molecule has 0 saturated heterocycles. The van der Waals surface area contributed by atoms with Crippen LogP contribution in [-0.2, 0) is 11.3 Å². The Morgan fingerprint density at radius 2 is 1.52 bits per heavy atom. The van der Waals surface area contributed by atoms with Crippen molar-refractivity contribution in [1.82, 2.24) is 0 Å². The molecule has 0 radical (unpaired) electrons. The third kappa shape index (κ3) is 4.87. The molecule has 2 aromatic carbocycles. The van der Waals surface area contributed by atoms with E-state index in [1.54, 1.807) is 0 Å². The van der Waals surface area contributed by atoms with Gasteiger partial charge in [-0.15, -0.1) is 0 Å². The molecule has 0 spiro atoms. The van der Waals surface area contributed by atoms with E-state index in [0.717, 1.165) is 0 Å². The first-order valence-corrected chi connectivity index (χ1v) is 7.52. The summed E-state index contributed by atoms with van der Waals surface area (Å²) in [4.78, 5) is 0. The maximum atomic E-state index is 6.10. The summed E-state index contributed by atoms with van der Waals surface area (Å²) in [5.74, 6) is 0.292. The van der Waals surface area contributed by atoms with Gasteiger partial charge >= 0.3 is 0 Å². The molecular formula is C20H24O. The molecule has 0 amide bonds. The Balaban J connectivity index is 2.08. The Kier molecular flexibility index (Phi) is 5.77. The second-order valence-electron chi connectivity index (χ2n) is 5.68. The molecule has 0 heterocycles. The lowest BCUT2D eigenvalue weighted by atomic mass is 9.92. The van der Waals surface area contributed by atoms with Crippen LogP contribution in [-0.4, -0.2) is 6.10 Å². The number of ether oxygens (including phenoxy) is 1. The number of rotatable bonds is 6. The van der Waals surface area contributed by atoms with Gasteiger partial charge in [0.2, 0.25) is 0 Å². The van der Waals surface area contributed by atoms with Crippen LogP contribution in [0.4, 0.5) is 0 Å². The van der Waals surface area contributed by atoms with Crippen molar-refractivity contribution >= 4 is 0 Å². The molecule has 0 aromatic heterocycles. The first-order valence-electron chi connectivity index (χ1n) is 7.52. The Morgan fingerprint density at radius 1 is 0.952 bits per heavy atom. The van der Waals surface area contributed by atoms with Gasteiger partial charge in [-0.2, -0.15) is 0 Å². The van der Waals surface area contributed by atoms with Crippen LogP contribution in [0.25, 0.3) is 0 Å². The van der Waals surface area contributed by atoms with E-state index in [-0.39, 0.29) is 6.10 Å². The topological polar surface area (TPSA) is 9.23 Å².